The van der Waals surface area contributed by atoms with Crippen LogP contribution in [0.25, 0.3) is 0 Å². The van der Waals surface area contributed by atoms with Crippen LogP contribution in [0.1, 0.15) is 30.9 Å². The van der Waals surface area contributed by atoms with Crippen molar-refractivity contribution >= 4 is 0 Å². The first kappa shape index (κ1) is 10.6. The third-order valence-corrected chi connectivity index (χ3v) is 2.61. The Bertz CT molecular complexity index is 340. The summed E-state index contributed by atoms with van der Waals surface area (Å²) in [7, 11) is 0. The van der Waals surface area contributed by atoms with Gasteiger partial charge in [0.05, 0.1) is 0 Å². The molecule has 1 fully saturated rings. The molecule has 1 saturated carbocycles. The maximum atomic E-state index is 13.0. The number of hydrogen-bond acceptors (Lipinski definition) is 1. The Balaban J connectivity index is 2.04. The van der Waals surface area contributed by atoms with Gasteiger partial charge in [-0.3, -0.25) is 0 Å². The van der Waals surface area contributed by atoms with E-state index in [-0.39, 0.29) is 5.56 Å². The monoisotopic (exact) mass is 211 g/mol. The molecule has 0 unspecified atom stereocenters. The molecule has 1 nitrogen and oxygen atoms in total. The average molecular weight is 211 g/mol. The average Bonchev–Trinajstić information content (AvgIpc) is 2.97. The van der Waals surface area contributed by atoms with Gasteiger partial charge < -0.3 is 5.32 Å². The van der Waals surface area contributed by atoms with E-state index in [1.54, 1.807) is 12.1 Å². The third-order valence-electron chi connectivity index (χ3n) is 2.61. The summed E-state index contributed by atoms with van der Waals surface area (Å²) in [6.07, 6.45) is 2.42. The minimum atomic E-state index is -2.74. The molecule has 1 aromatic rings. The van der Waals surface area contributed by atoms with Crippen LogP contribution < -0.4 is 5.32 Å². The molecule has 0 aliphatic heterocycles. The van der Waals surface area contributed by atoms with Gasteiger partial charge in [0.1, 0.15) is 0 Å². The van der Waals surface area contributed by atoms with Gasteiger partial charge in [0.15, 0.2) is 0 Å². The Morgan fingerprint density at radius 2 is 2.13 bits per heavy atom. The van der Waals surface area contributed by atoms with Crippen molar-refractivity contribution in [3.63, 3.8) is 0 Å². The minimum Gasteiger partial charge on any atom is -0.310 e. The molecule has 0 heterocycles. The van der Waals surface area contributed by atoms with Crippen LogP contribution >= 0.6 is 0 Å². The predicted octanol–water partition coefficient (Wildman–Crippen LogP) is 3.05. The van der Waals surface area contributed by atoms with Gasteiger partial charge >= 0.3 is 0 Å². The number of halogens is 2. The number of rotatable bonds is 4. The maximum absolute atomic E-state index is 13.0. The predicted molar refractivity (Wildman–Crippen MR) is 55.9 cm³/mol. The molecule has 0 bridgehead atoms. The Labute approximate surface area is 88.5 Å². The van der Waals surface area contributed by atoms with Gasteiger partial charge in [0.25, 0.3) is 5.92 Å². The first-order valence-electron chi connectivity index (χ1n) is 5.26. The fraction of sp³-hybridized carbons (Fsp3) is 0.500. The summed E-state index contributed by atoms with van der Waals surface area (Å²) in [6.45, 7) is 1.62. The molecule has 0 atom stereocenters. The number of benzene rings is 1. The van der Waals surface area contributed by atoms with Gasteiger partial charge in [-0.25, -0.2) is 8.78 Å². The maximum Gasteiger partial charge on any atom is 0.270 e. The van der Waals surface area contributed by atoms with E-state index in [0.717, 1.165) is 12.5 Å². The van der Waals surface area contributed by atoms with E-state index < -0.39 is 5.92 Å². The van der Waals surface area contributed by atoms with E-state index in [4.69, 9.17) is 0 Å². The minimum absolute atomic E-state index is 0.0950. The molecular weight excluding hydrogens is 196 g/mol. The summed E-state index contributed by atoms with van der Waals surface area (Å²) in [5.74, 6) is -2.74. The van der Waals surface area contributed by atoms with Gasteiger partial charge in [-0.2, -0.15) is 0 Å². The van der Waals surface area contributed by atoms with Crippen LogP contribution in [-0.4, -0.2) is 6.04 Å². The highest BCUT2D eigenvalue weighted by Crippen LogP contribution is 2.27. The Morgan fingerprint density at radius 3 is 2.73 bits per heavy atom. The summed E-state index contributed by atoms with van der Waals surface area (Å²) in [4.78, 5) is 0. The standard InChI is InChI=1S/C12H15F2N/c1-12(13,14)10-4-2-3-9(7-10)8-15-11-5-6-11/h2-4,7,11,15H,5-6,8H2,1H3. The third kappa shape index (κ3) is 2.99. The Kier molecular flexibility index (Phi) is 2.74. The highest BCUT2D eigenvalue weighted by Gasteiger charge is 2.24. The van der Waals surface area contributed by atoms with Crippen molar-refractivity contribution in [1.29, 1.82) is 0 Å². The first-order valence-corrected chi connectivity index (χ1v) is 5.26. The summed E-state index contributed by atoms with van der Waals surface area (Å²) < 4.78 is 26.1. The molecule has 0 radical (unpaired) electrons. The van der Waals surface area contributed by atoms with Gasteiger partial charge in [-0.1, -0.05) is 18.2 Å². The van der Waals surface area contributed by atoms with Crippen LogP contribution in [-0.2, 0) is 12.5 Å². The van der Waals surface area contributed by atoms with Crippen LogP contribution in [0.3, 0.4) is 0 Å². The van der Waals surface area contributed by atoms with Crippen molar-refractivity contribution in [3.8, 4) is 0 Å². The fourth-order valence-corrected chi connectivity index (χ4v) is 1.50. The van der Waals surface area contributed by atoms with Crippen LogP contribution in [0, 0.1) is 0 Å². The first-order chi connectivity index (χ1) is 7.05. The van der Waals surface area contributed by atoms with Crippen molar-refractivity contribution in [2.75, 3.05) is 0 Å². The highest BCUT2D eigenvalue weighted by atomic mass is 19.3. The van der Waals surface area contributed by atoms with E-state index in [9.17, 15) is 8.78 Å². The van der Waals surface area contributed by atoms with Crippen molar-refractivity contribution < 1.29 is 8.78 Å². The van der Waals surface area contributed by atoms with Gasteiger partial charge in [-0.15, -0.1) is 0 Å². The van der Waals surface area contributed by atoms with Gasteiger partial charge in [0.2, 0.25) is 0 Å². The molecule has 0 amide bonds. The molecule has 0 aromatic heterocycles. The van der Waals surface area contributed by atoms with E-state index >= 15 is 0 Å². The summed E-state index contributed by atoms with van der Waals surface area (Å²) in [5, 5.41) is 3.31. The van der Waals surface area contributed by atoms with Crippen molar-refractivity contribution in [3.05, 3.63) is 35.4 Å². The zero-order valence-electron chi connectivity index (χ0n) is 8.76. The van der Waals surface area contributed by atoms with Crippen LogP contribution in [0.4, 0.5) is 8.78 Å². The smallest absolute Gasteiger partial charge is 0.270 e. The molecule has 0 saturated heterocycles. The lowest BCUT2D eigenvalue weighted by molar-refractivity contribution is 0.0174. The van der Waals surface area contributed by atoms with Crippen LogP contribution in [0.5, 0.6) is 0 Å². The summed E-state index contributed by atoms with van der Waals surface area (Å²) in [5.41, 5.74) is 1.03. The van der Waals surface area contributed by atoms with E-state index in [0.29, 0.717) is 12.6 Å². The molecule has 15 heavy (non-hydrogen) atoms. The normalized spacial score (nSPS) is 16.7. The number of nitrogens with one attached hydrogen (secondary N) is 1. The van der Waals surface area contributed by atoms with Crippen LogP contribution in [0.2, 0.25) is 0 Å². The zero-order valence-corrected chi connectivity index (χ0v) is 8.76. The van der Waals surface area contributed by atoms with Crippen molar-refractivity contribution in [2.45, 2.75) is 38.3 Å². The Morgan fingerprint density at radius 1 is 1.40 bits per heavy atom. The lowest BCUT2D eigenvalue weighted by atomic mass is 10.1. The highest BCUT2D eigenvalue weighted by molar-refractivity contribution is 5.26. The van der Waals surface area contributed by atoms with Gasteiger partial charge in [-0.05, 0) is 24.5 Å². The summed E-state index contributed by atoms with van der Waals surface area (Å²) in [6, 6.07) is 7.23. The SMILES string of the molecule is CC(F)(F)c1cccc(CNC2CC2)c1. The molecule has 1 aliphatic carbocycles. The molecular formula is C12H15F2N. The molecule has 1 aliphatic rings. The quantitative estimate of drug-likeness (QED) is 0.807. The lowest BCUT2D eigenvalue weighted by Crippen LogP contribution is -2.16. The van der Waals surface area contributed by atoms with Crippen LogP contribution in [0.15, 0.2) is 24.3 Å². The molecule has 0 spiro atoms. The second kappa shape index (κ2) is 3.89. The molecule has 2 rings (SSSR count). The number of hydrogen-bond donors (Lipinski definition) is 1. The van der Waals surface area contributed by atoms with E-state index in [1.165, 1.54) is 18.9 Å². The summed E-state index contributed by atoms with van der Waals surface area (Å²) >= 11 is 0. The Hall–Kier alpha value is -0.960. The molecule has 82 valence electrons. The molecule has 1 aromatic carbocycles. The van der Waals surface area contributed by atoms with Crippen molar-refractivity contribution in [2.24, 2.45) is 0 Å². The second-order valence-corrected chi connectivity index (χ2v) is 4.24. The van der Waals surface area contributed by atoms with E-state index in [2.05, 4.69) is 5.32 Å². The number of alkyl halides is 2. The topological polar surface area (TPSA) is 12.0 Å². The fourth-order valence-electron chi connectivity index (χ4n) is 1.50. The largest absolute Gasteiger partial charge is 0.310 e. The lowest BCUT2D eigenvalue weighted by Gasteiger charge is -2.12. The van der Waals surface area contributed by atoms with Gasteiger partial charge in [0, 0.05) is 25.1 Å². The molecule has 1 N–H and O–H groups in total. The van der Waals surface area contributed by atoms with Crippen molar-refractivity contribution in [1.82, 2.24) is 5.32 Å². The molecule has 3 heteroatoms. The van der Waals surface area contributed by atoms with E-state index in [1.807, 2.05) is 6.07 Å². The second-order valence-electron chi connectivity index (χ2n) is 4.24. The zero-order chi connectivity index (χ0) is 10.9.